The Morgan fingerprint density at radius 2 is 2.05 bits per heavy atom. The van der Waals surface area contributed by atoms with Crippen molar-refractivity contribution < 1.29 is 19.1 Å². The molecule has 0 aliphatic heterocycles. The van der Waals surface area contributed by atoms with E-state index in [4.69, 9.17) is 10.8 Å². The molecule has 5 nitrogen and oxygen atoms in total. The lowest BCUT2D eigenvalue weighted by Crippen LogP contribution is -2.33. The fourth-order valence-corrected chi connectivity index (χ4v) is 1.98. The number of hydrogen-bond acceptors (Lipinski definition) is 3. The van der Waals surface area contributed by atoms with Crippen molar-refractivity contribution in [3.05, 3.63) is 35.1 Å². The summed E-state index contributed by atoms with van der Waals surface area (Å²) in [6.45, 7) is 4.36. The number of hydrogen-bond donors (Lipinski definition) is 2. The molecule has 0 fully saturated rings. The number of nitrogens with two attached hydrogens (primary N) is 1. The van der Waals surface area contributed by atoms with Crippen molar-refractivity contribution in [3.63, 3.8) is 0 Å². The van der Waals surface area contributed by atoms with Crippen molar-refractivity contribution in [2.24, 2.45) is 11.7 Å². The largest absolute Gasteiger partial charge is 0.480 e. The molecule has 0 radical (unpaired) electrons. The van der Waals surface area contributed by atoms with E-state index in [-0.39, 0.29) is 30.1 Å². The second-order valence-electron chi connectivity index (χ2n) is 5.13. The Morgan fingerprint density at radius 1 is 1.40 bits per heavy atom. The number of carboxylic acids is 1. The van der Waals surface area contributed by atoms with E-state index in [0.29, 0.717) is 6.54 Å². The summed E-state index contributed by atoms with van der Waals surface area (Å²) in [5.74, 6) is -1.84. The molecule has 1 amide bonds. The van der Waals surface area contributed by atoms with Gasteiger partial charge in [-0.05, 0) is 24.1 Å². The first-order valence-electron chi connectivity index (χ1n) is 6.32. The van der Waals surface area contributed by atoms with Gasteiger partial charge < -0.3 is 10.8 Å². The molecule has 0 aromatic heterocycles. The van der Waals surface area contributed by atoms with Crippen molar-refractivity contribution in [1.82, 2.24) is 4.90 Å². The Balaban J connectivity index is 2.94. The highest BCUT2D eigenvalue weighted by Crippen LogP contribution is 2.14. The predicted octanol–water partition coefficient (Wildman–Crippen LogP) is 1.47. The van der Waals surface area contributed by atoms with Crippen LogP contribution in [0.3, 0.4) is 0 Å². The van der Waals surface area contributed by atoms with E-state index in [9.17, 15) is 14.0 Å². The maximum absolute atomic E-state index is 13.7. The molecule has 0 heterocycles. The highest BCUT2D eigenvalue weighted by Gasteiger charge is 2.15. The smallest absolute Gasteiger partial charge is 0.317 e. The first-order chi connectivity index (χ1) is 9.29. The topological polar surface area (TPSA) is 83.6 Å². The number of carboxylic acid groups (broad SMARTS) is 1. The lowest BCUT2D eigenvalue weighted by atomic mass is 10.1. The van der Waals surface area contributed by atoms with Gasteiger partial charge in [0.1, 0.15) is 5.82 Å². The minimum atomic E-state index is -0.975. The number of carbonyl (C=O) groups excluding carboxylic acids is 1. The molecule has 0 saturated heterocycles. The SMILES string of the molecule is CC(C)CN(CC(=O)O)Cc1cc(C(N)=O)ccc1F. The van der Waals surface area contributed by atoms with Crippen LogP contribution in [0.15, 0.2) is 18.2 Å². The van der Waals surface area contributed by atoms with Gasteiger partial charge >= 0.3 is 5.97 Å². The molecule has 110 valence electrons. The average molecular weight is 282 g/mol. The zero-order chi connectivity index (χ0) is 15.3. The maximum atomic E-state index is 13.7. The molecular weight excluding hydrogens is 263 g/mol. The van der Waals surface area contributed by atoms with Gasteiger partial charge in [0.2, 0.25) is 5.91 Å². The van der Waals surface area contributed by atoms with E-state index in [1.807, 2.05) is 13.8 Å². The molecule has 1 aromatic rings. The second-order valence-corrected chi connectivity index (χ2v) is 5.13. The van der Waals surface area contributed by atoms with Gasteiger partial charge in [-0.25, -0.2) is 4.39 Å². The van der Waals surface area contributed by atoms with Crippen molar-refractivity contribution in [1.29, 1.82) is 0 Å². The molecule has 0 aliphatic carbocycles. The van der Waals surface area contributed by atoms with Crippen molar-refractivity contribution in [2.45, 2.75) is 20.4 Å². The number of halogens is 1. The van der Waals surface area contributed by atoms with Crippen molar-refractivity contribution >= 4 is 11.9 Å². The molecule has 0 bridgehead atoms. The van der Waals surface area contributed by atoms with E-state index < -0.39 is 17.7 Å². The van der Waals surface area contributed by atoms with Crippen LogP contribution in [0.25, 0.3) is 0 Å². The van der Waals surface area contributed by atoms with Crippen LogP contribution in [0.5, 0.6) is 0 Å². The molecule has 0 saturated carbocycles. The highest BCUT2D eigenvalue weighted by molar-refractivity contribution is 5.92. The third-order valence-corrected chi connectivity index (χ3v) is 2.71. The van der Waals surface area contributed by atoms with Crippen LogP contribution in [0, 0.1) is 11.7 Å². The van der Waals surface area contributed by atoms with E-state index in [1.165, 1.54) is 18.2 Å². The van der Waals surface area contributed by atoms with Crippen LogP contribution < -0.4 is 5.73 Å². The van der Waals surface area contributed by atoms with E-state index in [0.717, 1.165) is 0 Å². The number of carbonyl (C=O) groups is 2. The number of nitrogens with zero attached hydrogens (tertiary/aromatic N) is 1. The molecule has 1 rings (SSSR count). The summed E-state index contributed by atoms with van der Waals surface area (Å²) in [5, 5.41) is 8.88. The van der Waals surface area contributed by atoms with Gasteiger partial charge in [-0.2, -0.15) is 0 Å². The van der Waals surface area contributed by atoms with Gasteiger partial charge in [0.15, 0.2) is 0 Å². The monoisotopic (exact) mass is 282 g/mol. The molecule has 0 aliphatic rings. The van der Waals surface area contributed by atoms with Crippen molar-refractivity contribution in [3.8, 4) is 0 Å². The Labute approximate surface area is 117 Å². The molecule has 6 heteroatoms. The third kappa shape index (κ3) is 4.97. The molecule has 1 aromatic carbocycles. The van der Waals surface area contributed by atoms with Crippen LogP contribution in [0.2, 0.25) is 0 Å². The average Bonchev–Trinajstić information content (AvgIpc) is 2.29. The summed E-state index contributed by atoms with van der Waals surface area (Å²) in [5.41, 5.74) is 5.63. The molecule has 3 N–H and O–H groups in total. The number of amides is 1. The first kappa shape index (κ1) is 16.1. The lowest BCUT2D eigenvalue weighted by molar-refractivity contribution is -0.138. The number of aliphatic carboxylic acids is 1. The van der Waals surface area contributed by atoms with Gasteiger partial charge in [0, 0.05) is 24.2 Å². The lowest BCUT2D eigenvalue weighted by Gasteiger charge is -2.22. The van der Waals surface area contributed by atoms with Crippen LogP contribution in [0.1, 0.15) is 29.8 Å². The van der Waals surface area contributed by atoms with Gasteiger partial charge in [-0.15, -0.1) is 0 Å². The number of primary amides is 1. The Bertz CT molecular complexity index is 503. The summed E-state index contributed by atoms with van der Waals surface area (Å²) in [4.78, 5) is 23.6. The molecule has 20 heavy (non-hydrogen) atoms. The first-order valence-corrected chi connectivity index (χ1v) is 6.32. The quantitative estimate of drug-likeness (QED) is 0.793. The molecule has 0 atom stereocenters. The van der Waals surface area contributed by atoms with E-state index in [2.05, 4.69) is 0 Å². The van der Waals surface area contributed by atoms with Crippen LogP contribution in [-0.4, -0.2) is 35.0 Å². The highest BCUT2D eigenvalue weighted by atomic mass is 19.1. The summed E-state index contributed by atoms with van der Waals surface area (Å²) in [6, 6.07) is 3.85. The zero-order valence-electron chi connectivity index (χ0n) is 11.6. The van der Waals surface area contributed by atoms with Gasteiger partial charge in [0.25, 0.3) is 0 Å². The Kier molecular flexibility index (Phi) is 5.64. The Hall–Kier alpha value is -1.95. The standard InChI is InChI=1S/C14H19FN2O3/c1-9(2)6-17(8-13(18)19)7-11-5-10(14(16)20)3-4-12(11)15/h3-5,9H,6-8H2,1-2H3,(H2,16,20)(H,18,19). The second kappa shape index (κ2) is 7.00. The fourth-order valence-electron chi connectivity index (χ4n) is 1.98. The summed E-state index contributed by atoms with van der Waals surface area (Å²) >= 11 is 0. The molecular formula is C14H19FN2O3. The van der Waals surface area contributed by atoms with Crippen LogP contribution >= 0.6 is 0 Å². The Morgan fingerprint density at radius 3 is 2.55 bits per heavy atom. The van der Waals surface area contributed by atoms with E-state index >= 15 is 0 Å². The van der Waals surface area contributed by atoms with Gasteiger partial charge in [-0.3, -0.25) is 14.5 Å². The number of benzene rings is 1. The van der Waals surface area contributed by atoms with E-state index in [1.54, 1.807) is 4.90 Å². The van der Waals surface area contributed by atoms with Crippen molar-refractivity contribution in [2.75, 3.05) is 13.1 Å². The molecule has 0 unspecified atom stereocenters. The van der Waals surface area contributed by atoms with Gasteiger partial charge in [0.05, 0.1) is 6.54 Å². The third-order valence-electron chi connectivity index (χ3n) is 2.71. The minimum absolute atomic E-state index is 0.122. The minimum Gasteiger partial charge on any atom is -0.480 e. The van der Waals surface area contributed by atoms with Crippen LogP contribution in [0.4, 0.5) is 4.39 Å². The van der Waals surface area contributed by atoms with Gasteiger partial charge in [-0.1, -0.05) is 13.8 Å². The number of rotatable bonds is 7. The summed E-state index contributed by atoms with van der Waals surface area (Å²) < 4.78 is 13.7. The normalized spacial score (nSPS) is 11.1. The summed E-state index contributed by atoms with van der Waals surface area (Å²) in [6.07, 6.45) is 0. The molecule has 0 spiro atoms. The predicted molar refractivity (Wildman–Crippen MR) is 72.7 cm³/mol. The summed E-state index contributed by atoms with van der Waals surface area (Å²) in [7, 11) is 0. The maximum Gasteiger partial charge on any atom is 0.317 e. The van der Waals surface area contributed by atoms with Crippen LogP contribution in [-0.2, 0) is 11.3 Å². The fraction of sp³-hybridized carbons (Fsp3) is 0.429. The zero-order valence-corrected chi connectivity index (χ0v) is 11.6.